The third-order valence-corrected chi connectivity index (χ3v) is 3.91. The SMILES string of the molecule is C[C@@H](Oc1ccc2ccccc2c1)C(=O)N/N=C\c1ccc(Cl)cc1. The number of ether oxygens (including phenoxy) is 1. The first-order valence-corrected chi connectivity index (χ1v) is 8.23. The second-order valence-corrected chi connectivity index (χ2v) is 5.99. The minimum Gasteiger partial charge on any atom is -0.481 e. The van der Waals surface area contributed by atoms with Gasteiger partial charge < -0.3 is 4.74 Å². The average molecular weight is 353 g/mol. The van der Waals surface area contributed by atoms with Crippen molar-refractivity contribution in [2.24, 2.45) is 5.10 Å². The number of benzene rings is 3. The summed E-state index contributed by atoms with van der Waals surface area (Å²) in [6, 6.07) is 20.9. The van der Waals surface area contributed by atoms with E-state index in [-0.39, 0.29) is 5.91 Å². The molecule has 0 aliphatic heterocycles. The molecular weight excluding hydrogens is 336 g/mol. The fraction of sp³-hybridized carbons (Fsp3) is 0.100. The monoisotopic (exact) mass is 352 g/mol. The van der Waals surface area contributed by atoms with Crippen molar-refractivity contribution in [1.29, 1.82) is 0 Å². The minimum absolute atomic E-state index is 0.321. The van der Waals surface area contributed by atoms with Gasteiger partial charge in [0.2, 0.25) is 0 Å². The quantitative estimate of drug-likeness (QED) is 0.546. The van der Waals surface area contributed by atoms with Gasteiger partial charge in [-0.3, -0.25) is 4.79 Å². The van der Waals surface area contributed by atoms with Gasteiger partial charge >= 0.3 is 0 Å². The van der Waals surface area contributed by atoms with Crippen molar-refractivity contribution in [3.05, 3.63) is 77.3 Å². The number of carbonyl (C=O) groups is 1. The number of nitrogens with one attached hydrogen (secondary N) is 1. The lowest BCUT2D eigenvalue weighted by Crippen LogP contribution is -2.33. The van der Waals surface area contributed by atoms with Crippen LogP contribution in [-0.4, -0.2) is 18.2 Å². The van der Waals surface area contributed by atoms with Gasteiger partial charge in [0.05, 0.1) is 6.21 Å². The summed E-state index contributed by atoms with van der Waals surface area (Å²) in [6.07, 6.45) is 0.889. The Morgan fingerprint density at radius 2 is 1.80 bits per heavy atom. The van der Waals surface area contributed by atoms with Crippen molar-refractivity contribution in [3.63, 3.8) is 0 Å². The summed E-state index contributed by atoms with van der Waals surface area (Å²) in [5, 5.41) is 6.78. The number of rotatable bonds is 5. The van der Waals surface area contributed by atoms with Crippen molar-refractivity contribution < 1.29 is 9.53 Å². The van der Waals surface area contributed by atoms with Crippen molar-refractivity contribution in [1.82, 2.24) is 5.43 Å². The highest BCUT2D eigenvalue weighted by atomic mass is 35.5. The van der Waals surface area contributed by atoms with Crippen LogP contribution in [0.4, 0.5) is 0 Å². The Morgan fingerprint density at radius 3 is 2.56 bits per heavy atom. The Balaban J connectivity index is 1.58. The van der Waals surface area contributed by atoms with Crippen LogP contribution in [0, 0.1) is 0 Å². The number of halogens is 1. The van der Waals surface area contributed by atoms with E-state index >= 15 is 0 Å². The number of amides is 1. The normalized spacial score (nSPS) is 12.2. The Kier molecular flexibility index (Phi) is 5.31. The van der Waals surface area contributed by atoms with E-state index in [0.29, 0.717) is 10.8 Å². The Bertz CT molecular complexity index is 907. The average Bonchev–Trinajstić information content (AvgIpc) is 2.63. The molecule has 126 valence electrons. The molecule has 4 nitrogen and oxygen atoms in total. The van der Waals surface area contributed by atoms with Crippen molar-refractivity contribution in [2.45, 2.75) is 13.0 Å². The van der Waals surface area contributed by atoms with Crippen LogP contribution in [0.3, 0.4) is 0 Å². The molecule has 1 N–H and O–H groups in total. The molecule has 0 unspecified atom stereocenters. The van der Waals surface area contributed by atoms with Crippen LogP contribution < -0.4 is 10.2 Å². The van der Waals surface area contributed by atoms with Crippen LogP contribution in [0.25, 0.3) is 10.8 Å². The highest BCUT2D eigenvalue weighted by Gasteiger charge is 2.14. The molecule has 0 heterocycles. The van der Waals surface area contributed by atoms with E-state index in [1.807, 2.05) is 54.6 Å². The Labute approximate surface area is 151 Å². The second kappa shape index (κ2) is 7.81. The van der Waals surface area contributed by atoms with Crippen molar-refractivity contribution in [3.8, 4) is 5.75 Å². The van der Waals surface area contributed by atoms with Gasteiger partial charge in [-0.1, -0.05) is 54.1 Å². The molecule has 0 radical (unpaired) electrons. The molecule has 5 heteroatoms. The highest BCUT2D eigenvalue weighted by molar-refractivity contribution is 6.30. The van der Waals surface area contributed by atoms with Gasteiger partial charge in [0.15, 0.2) is 6.10 Å². The van der Waals surface area contributed by atoms with E-state index in [2.05, 4.69) is 10.5 Å². The minimum atomic E-state index is -0.663. The number of hydrazone groups is 1. The summed E-state index contributed by atoms with van der Waals surface area (Å²) in [4.78, 5) is 12.1. The van der Waals surface area contributed by atoms with Crippen molar-refractivity contribution in [2.75, 3.05) is 0 Å². The number of hydrogen-bond donors (Lipinski definition) is 1. The molecule has 0 fully saturated rings. The summed E-state index contributed by atoms with van der Waals surface area (Å²) in [5.74, 6) is 0.321. The van der Waals surface area contributed by atoms with Crippen LogP contribution in [0.5, 0.6) is 5.75 Å². The zero-order chi connectivity index (χ0) is 17.6. The molecular formula is C20H17ClN2O2. The Morgan fingerprint density at radius 1 is 1.08 bits per heavy atom. The first-order valence-electron chi connectivity index (χ1n) is 7.86. The summed E-state index contributed by atoms with van der Waals surface area (Å²) in [7, 11) is 0. The first-order chi connectivity index (χ1) is 12.1. The van der Waals surface area contributed by atoms with Crippen LogP contribution >= 0.6 is 11.6 Å². The molecule has 0 saturated carbocycles. The molecule has 3 aromatic carbocycles. The standard InChI is InChI=1S/C20H17ClN2O2/c1-14(20(24)23-22-13-15-6-9-18(21)10-7-15)25-19-11-8-16-4-2-3-5-17(16)12-19/h2-14H,1H3,(H,23,24)/b22-13-/t14-/m1/s1. The maximum Gasteiger partial charge on any atom is 0.280 e. The van der Waals surface area contributed by atoms with Crippen LogP contribution in [0.2, 0.25) is 5.02 Å². The third kappa shape index (κ3) is 4.58. The molecule has 0 aromatic heterocycles. The summed E-state index contributed by atoms with van der Waals surface area (Å²) < 4.78 is 5.70. The topological polar surface area (TPSA) is 50.7 Å². The smallest absolute Gasteiger partial charge is 0.280 e. The molecule has 0 aliphatic rings. The fourth-order valence-corrected chi connectivity index (χ4v) is 2.43. The van der Waals surface area contributed by atoms with Gasteiger partial charge in [-0.15, -0.1) is 0 Å². The number of fused-ring (bicyclic) bond motifs is 1. The lowest BCUT2D eigenvalue weighted by Gasteiger charge is -2.13. The molecule has 0 saturated heterocycles. The largest absolute Gasteiger partial charge is 0.481 e. The molecule has 1 amide bonds. The lowest BCUT2D eigenvalue weighted by atomic mass is 10.1. The van der Waals surface area contributed by atoms with Crippen LogP contribution in [0.15, 0.2) is 71.8 Å². The molecule has 25 heavy (non-hydrogen) atoms. The zero-order valence-electron chi connectivity index (χ0n) is 13.6. The van der Waals surface area contributed by atoms with Gasteiger partial charge in [0.1, 0.15) is 5.75 Å². The molecule has 1 atom stereocenters. The predicted molar refractivity (Wildman–Crippen MR) is 101 cm³/mol. The van der Waals surface area contributed by atoms with E-state index in [0.717, 1.165) is 16.3 Å². The fourth-order valence-electron chi connectivity index (χ4n) is 2.31. The zero-order valence-corrected chi connectivity index (χ0v) is 14.4. The van der Waals surface area contributed by atoms with Gasteiger partial charge in [0.25, 0.3) is 5.91 Å². The summed E-state index contributed by atoms with van der Waals surface area (Å²) >= 11 is 5.82. The molecule has 0 spiro atoms. The third-order valence-electron chi connectivity index (χ3n) is 3.66. The molecule has 3 aromatic rings. The summed E-state index contributed by atoms with van der Waals surface area (Å²) in [5.41, 5.74) is 3.32. The number of nitrogens with zero attached hydrogens (tertiary/aromatic N) is 1. The molecule has 3 rings (SSSR count). The Hall–Kier alpha value is -2.85. The second-order valence-electron chi connectivity index (χ2n) is 5.55. The number of carbonyl (C=O) groups excluding carboxylic acids is 1. The molecule has 0 aliphatic carbocycles. The van der Waals surface area contributed by atoms with Gasteiger partial charge in [-0.05, 0) is 47.5 Å². The van der Waals surface area contributed by atoms with Gasteiger partial charge in [0, 0.05) is 5.02 Å². The highest BCUT2D eigenvalue weighted by Crippen LogP contribution is 2.21. The maximum absolute atomic E-state index is 12.1. The maximum atomic E-state index is 12.1. The van der Waals surface area contributed by atoms with E-state index in [4.69, 9.17) is 16.3 Å². The van der Waals surface area contributed by atoms with Gasteiger partial charge in [-0.25, -0.2) is 5.43 Å². The van der Waals surface area contributed by atoms with Crippen LogP contribution in [-0.2, 0) is 4.79 Å². The van der Waals surface area contributed by atoms with Gasteiger partial charge in [-0.2, -0.15) is 5.10 Å². The van der Waals surface area contributed by atoms with E-state index in [1.165, 1.54) is 0 Å². The lowest BCUT2D eigenvalue weighted by molar-refractivity contribution is -0.127. The van der Waals surface area contributed by atoms with E-state index in [1.54, 1.807) is 25.3 Å². The first kappa shape index (κ1) is 17.0. The van der Waals surface area contributed by atoms with E-state index < -0.39 is 6.10 Å². The van der Waals surface area contributed by atoms with Crippen molar-refractivity contribution >= 4 is 34.5 Å². The van der Waals surface area contributed by atoms with Crippen LogP contribution in [0.1, 0.15) is 12.5 Å². The summed E-state index contributed by atoms with van der Waals surface area (Å²) in [6.45, 7) is 1.68. The molecule has 0 bridgehead atoms. The van der Waals surface area contributed by atoms with E-state index in [9.17, 15) is 4.79 Å². The number of hydrogen-bond acceptors (Lipinski definition) is 3. The predicted octanol–water partition coefficient (Wildman–Crippen LogP) is 4.41.